The van der Waals surface area contributed by atoms with Crippen LogP contribution in [0.3, 0.4) is 0 Å². The highest BCUT2D eigenvalue weighted by atomic mass is 16.3. The van der Waals surface area contributed by atoms with Crippen molar-refractivity contribution < 1.29 is 15.0 Å². The van der Waals surface area contributed by atoms with Crippen LogP contribution in [0.25, 0.3) is 0 Å². The van der Waals surface area contributed by atoms with Crippen molar-refractivity contribution in [3.05, 3.63) is 23.8 Å². The van der Waals surface area contributed by atoms with E-state index in [1.54, 1.807) is 6.07 Å². The van der Waals surface area contributed by atoms with Crippen LogP contribution in [0.15, 0.2) is 18.2 Å². The minimum atomic E-state index is -0.580. The lowest BCUT2D eigenvalue weighted by atomic mass is 9.89. The van der Waals surface area contributed by atoms with Crippen LogP contribution in [0, 0.1) is 0 Å². The summed E-state index contributed by atoms with van der Waals surface area (Å²) >= 11 is 0. The number of Topliss-reactive ketones (excluding diaryl/α,β-unsaturated/α-hetero) is 1. The van der Waals surface area contributed by atoms with Gasteiger partial charge in [0.25, 0.3) is 0 Å². The summed E-state index contributed by atoms with van der Waals surface area (Å²) in [6.45, 7) is 5.71. The Morgan fingerprint density at radius 2 is 1.74 bits per heavy atom. The van der Waals surface area contributed by atoms with Crippen molar-refractivity contribution in [2.24, 2.45) is 0 Å². The number of benzene rings is 1. The first-order valence-corrected chi connectivity index (χ1v) is 6.75. The van der Waals surface area contributed by atoms with Crippen LogP contribution in [-0.2, 0) is 0 Å². The second-order valence-corrected chi connectivity index (χ2v) is 5.64. The first-order valence-electron chi connectivity index (χ1n) is 6.75. The molecular weight excluding hydrogens is 242 g/mol. The van der Waals surface area contributed by atoms with Gasteiger partial charge in [-0.2, -0.15) is 0 Å². The van der Waals surface area contributed by atoms with Crippen LogP contribution < -0.4 is 0 Å². The van der Waals surface area contributed by atoms with Gasteiger partial charge in [-0.05, 0) is 58.0 Å². The van der Waals surface area contributed by atoms with E-state index in [9.17, 15) is 15.0 Å². The predicted octanol–water partition coefficient (Wildman–Crippen LogP) is 2.55. The zero-order chi connectivity index (χ0) is 14.0. The maximum Gasteiger partial charge on any atom is 0.182 e. The van der Waals surface area contributed by atoms with Gasteiger partial charge in [-0.25, -0.2) is 0 Å². The van der Waals surface area contributed by atoms with Gasteiger partial charge in [0.1, 0.15) is 0 Å². The Hall–Kier alpha value is -1.55. The SMILES string of the molecule is CC(C)(C(=O)c1ccc(O)c(O)c1)N1CCCCC1. The van der Waals surface area contributed by atoms with E-state index >= 15 is 0 Å². The smallest absolute Gasteiger partial charge is 0.182 e. The van der Waals surface area contributed by atoms with Gasteiger partial charge in [0.2, 0.25) is 0 Å². The zero-order valence-corrected chi connectivity index (χ0v) is 11.5. The molecule has 0 unspecified atom stereocenters. The molecule has 0 aromatic heterocycles. The number of aromatic hydroxyl groups is 2. The lowest BCUT2D eigenvalue weighted by Crippen LogP contribution is -2.52. The Balaban J connectivity index is 2.23. The van der Waals surface area contributed by atoms with Gasteiger partial charge in [0.05, 0.1) is 5.54 Å². The molecule has 4 heteroatoms. The fourth-order valence-corrected chi connectivity index (χ4v) is 2.61. The molecule has 1 aromatic rings. The quantitative estimate of drug-likeness (QED) is 0.650. The monoisotopic (exact) mass is 263 g/mol. The summed E-state index contributed by atoms with van der Waals surface area (Å²) in [5.41, 5.74) is -0.144. The van der Waals surface area contributed by atoms with E-state index in [1.165, 1.54) is 18.6 Å². The molecule has 1 heterocycles. The van der Waals surface area contributed by atoms with E-state index in [0.717, 1.165) is 25.9 Å². The highest BCUT2D eigenvalue weighted by Crippen LogP contribution is 2.29. The molecule has 104 valence electrons. The number of piperidine rings is 1. The van der Waals surface area contributed by atoms with Crippen molar-refractivity contribution in [2.45, 2.75) is 38.6 Å². The number of phenols is 2. The molecule has 1 aromatic carbocycles. The largest absolute Gasteiger partial charge is 0.504 e. The van der Waals surface area contributed by atoms with Crippen molar-refractivity contribution in [1.82, 2.24) is 4.90 Å². The first-order chi connectivity index (χ1) is 8.93. The molecule has 0 saturated carbocycles. The molecule has 0 bridgehead atoms. The van der Waals surface area contributed by atoms with Crippen molar-refractivity contribution >= 4 is 5.78 Å². The number of likely N-dealkylation sites (tertiary alicyclic amines) is 1. The maximum absolute atomic E-state index is 12.6. The van der Waals surface area contributed by atoms with Gasteiger partial charge in [-0.1, -0.05) is 6.42 Å². The summed E-state index contributed by atoms with van der Waals surface area (Å²) in [5.74, 6) is -0.475. The van der Waals surface area contributed by atoms with Crippen LogP contribution in [0.5, 0.6) is 11.5 Å². The third-order valence-electron chi connectivity index (χ3n) is 3.94. The minimum Gasteiger partial charge on any atom is -0.504 e. The Labute approximate surface area is 113 Å². The van der Waals surface area contributed by atoms with Crippen molar-refractivity contribution in [3.8, 4) is 11.5 Å². The Morgan fingerprint density at radius 1 is 1.11 bits per heavy atom. The average molecular weight is 263 g/mol. The summed E-state index contributed by atoms with van der Waals surface area (Å²) in [6, 6.07) is 4.25. The summed E-state index contributed by atoms with van der Waals surface area (Å²) in [4.78, 5) is 14.8. The third kappa shape index (κ3) is 2.73. The molecule has 0 amide bonds. The summed E-state index contributed by atoms with van der Waals surface area (Å²) in [6.07, 6.45) is 3.47. The number of carbonyl (C=O) groups excluding carboxylic acids is 1. The first kappa shape index (κ1) is 13.9. The van der Waals surface area contributed by atoms with Crippen LogP contribution in [-0.4, -0.2) is 39.5 Å². The molecule has 1 saturated heterocycles. The fraction of sp³-hybridized carbons (Fsp3) is 0.533. The average Bonchev–Trinajstić information content (AvgIpc) is 2.42. The van der Waals surface area contributed by atoms with E-state index in [2.05, 4.69) is 4.90 Å². The number of hydrogen-bond donors (Lipinski definition) is 2. The molecule has 2 rings (SSSR count). The van der Waals surface area contributed by atoms with Gasteiger partial charge in [0, 0.05) is 5.56 Å². The Morgan fingerprint density at radius 3 is 2.32 bits per heavy atom. The summed E-state index contributed by atoms with van der Waals surface area (Å²) in [7, 11) is 0. The van der Waals surface area contributed by atoms with Crippen LogP contribution in [0.2, 0.25) is 0 Å². The molecule has 0 atom stereocenters. The van der Waals surface area contributed by atoms with Crippen molar-refractivity contribution in [2.75, 3.05) is 13.1 Å². The van der Waals surface area contributed by atoms with Crippen LogP contribution >= 0.6 is 0 Å². The van der Waals surface area contributed by atoms with Gasteiger partial charge in [0.15, 0.2) is 17.3 Å². The molecule has 1 fully saturated rings. The second-order valence-electron chi connectivity index (χ2n) is 5.64. The lowest BCUT2D eigenvalue weighted by molar-refractivity contribution is 0.0579. The molecule has 1 aliphatic heterocycles. The number of rotatable bonds is 3. The molecular formula is C15H21NO3. The molecule has 1 aliphatic rings. The van der Waals surface area contributed by atoms with Gasteiger partial charge < -0.3 is 10.2 Å². The zero-order valence-electron chi connectivity index (χ0n) is 11.5. The normalized spacial score (nSPS) is 17.4. The number of ketones is 1. The second kappa shape index (κ2) is 5.21. The maximum atomic E-state index is 12.6. The van der Waals surface area contributed by atoms with Gasteiger partial charge in [-0.15, -0.1) is 0 Å². The molecule has 0 spiro atoms. The molecule has 0 aliphatic carbocycles. The lowest BCUT2D eigenvalue weighted by Gasteiger charge is -2.39. The molecule has 2 N–H and O–H groups in total. The van der Waals surface area contributed by atoms with E-state index < -0.39 is 5.54 Å². The summed E-state index contributed by atoms with van der Waals surface area (Å²) in [5, 5.41) is 18.8. The highest BCUT2D eigenvalue weighted by Gasteiger charge is 2.35. The van der Waals surface area contributed by atoms with Gasteiger partial charge >= 0.3 is 0 Å². The van der Waals surface area contributed by atoms with Gasteiger partial charge in [-0.3, -0.25) is 9.69 Å². The fourth-order valence-electron chi connectivity index (χ4n) is 2.61. The standard InChI is InChI=1S/C15H21NO3/c1-15(2,16-8-4-3-5-9-16)14(19)11-6-7-12(17)13(18)10-11/h6-7,10,17-18H,3-5,8-9H2,1-2H3. The van der Waals surface area contributed by atoms with Crippen molar-refractivity contribution in [3.63, 3.8) is 0 Å². The molecule has 0 radical (unpaired) electrons. The Bertz CT molecular complexity index is 476. The van der Waals surface area contributed by atoms with E-state index in [0.29, 0.717) is 5.56 Å². The molecule has 4 nitrogen and oxygen atoms in total. The Kier molecular flexibility index (Phi) is 3.80. The summed E-state index contributed by atoms with van der Waals surface area (Å²) < 4.78 is 0. The number of carbonyl (C=O) groups is 1. The molecule has 19 heavy (non-hydrogen) atoms. The van der Waals surface area contributed by atoms with E-state index in [1.807, 2.05) is 13.8 Å². The predicted molar refractivity (Wildman–Crippen MR) is 73.6 cm³/mol. The highest BCUT2D eigenvalue weighted by molar-refractivity contribution is 6.03. The third-order valence-corrected chi connectivity index (χ3v) is 3.94. The number of phenolic OH excluding ortho intramolecular Hbond substituents is 2. The van der Waals surface area contributed by atoms with Crippen LogP contribution in [0.1, 0.15) is 43.5 Å². The van der Waals surface area contributed by atoms with Crippen LogP contribution in [0.4, 0.5) is 0 Å². The topological polar surface area (TPSA) is 60.8 Å². The van der Waals surface area contributed by atoms with Crippen molar-refractivity contribution in [1.29, 1.82) is 0 Å². The van der Waals surface area contributed by atoms with E-state index in [-0.39, 0.29) is 17.3 Å². The van der Waals surface area contributed by atoms with E-state index in [4.69, 9.17) is 0 Å². The number of hydrogen-bond acceptors (Lipinski definition) is 4. The number of nitrogens with zero attached hydrogens (tertiary/aromatic N) is 1. The minimum absolute atomic E-state index is 0.0234.